The summed E-state index contributed by atoms with van der Waals surface area (Å²) in [6, 6.07) is 5.35. The van der Waals surface area contributed by atoms with Gasteiger partial charge in [-0.3, -0.25) is 4.79 Å². The van der Waals surface area contributed by atoms with Crippen LogP contribution in [0.3, 0.4) is 0 Å². The van der Waals surface area contributed by atoms with Crippen molar-refractivity contribution in [1.82, 2.24) is 5.32 Å². The highest BCUT2D eigenvalue weighted by Crippen LogP contribution is 2.26. The number of para-hydroxylation sites is 1. The van der Waals surface area contributed by atoms with Gasteiger partial charge < -0.3 is 15.8 Å². The van der Waals surface area contributed by atoms with E-state index in [0.29, 0.717) is 23.6 Å². The molecular formula is C14H22N2O2S. The lowest BCUT2D eigenvalue weighted by Crippen LogP contribution is -2.34. The zero-order valence-electron chi connectivity index (χ0n) is 11.7. The van der Waals surface area contributed by atoms with Crippen molar-refractivity contribution in [3.8, 4) is 5.75 Å². The number of carbonyl (C=O) groups excluding carboxylic acids is 1. The van der Waals surface area contributed by atoms with Crippen molar-refractivity contribution in [2.75, 3.05) is 23.8 Å². The molecule has 0 radical (unpaired) electrons. The highest BCUT2D eigenvalue weighted by Gasteiger charge is 2.16. The zero-order valence-corrected chi connectivity index (χ0v) is 12.5. The SMILES string of the molecule is CCOc1c(N)cccc1C(=O)NC(C)CSCC. The molecule has 1 aromatic rings. The minimum atomic E-state index is -0.139. The minimum absolute atomic E-state index is 0.119. The van der Waals surface area contributed by atoms with E-state index in [2.05, 4.69) is 12.2 Å². The van der Waals surface area contributed by atoms with E-state index in [1.165, 1.54) is 0 Å². The summed E-state index contributed by atoms with van der Waals surface area (Å²) in [4.78, 5) is 12.2. The molecule has 106 valence electrons. The Balaban J connectivity index is 2.78. The molecule has 1 atom stereocenters. The maximum Gasteiger partial charge on any atom is 0.255 e. The molecule has 0 fully saturated rings. The first-order valence-electron chi connectivity index (χ1n) is 6.50. The number of amides is 1. The number of anilines is 1. The average molecular weight is 282 g/mol. The molecule has 0 spiro atoms. The molecule has 1 unspecified atom stereocenters. The molecule has 1 amide bonds. The van der Waals surface area contributed by atoms with Crippen LogP contribution in [0.25, 0.3) is 0 Å². The zero-order chi connectivity index (χ0) is 14.3. The molecule has 0 aliphatic heterocycles. The van der Waals surface area contributed by atoms with Gasteiger partial charge >= 0.3 is 0 Å². The predicted molar refractivity (Wildman–Crippen MR) is 82.0 cm³/mol. The standard InChI is InChI=1S/C14H22N2O2S/c1-4-18-13-11(7-6-8-12(13)15)14(17)16-10(3)9-19-5-2/h6-8,10H,4-5,9,15H2,1-3H3,(H,16,17). The fourth-order valence-electron chi connectivity index (χ4n) is 1.68. The molecule has 19 heavy (non-hydrogen) atoms. The second-order valence-electron chi connectivity index (χ2n) is 4.19. The van der Waals surface area contributed by atoms with Crippen molar-refractivity contribution >= 4 is 23.4 Å². The van der Waals surface area contributed by atoms with Crippen LogP contribution in [0.4, 0.5) is 5.69 Å². The molecule has 3 N–H and O–H groups in total. The largest absolute Gasteiger partial charge is 0.491 e. The summed E-state index contributed by atoms with van der Waals surface area (Å²) in [6.07, 6.45) is 0. The van der Waals surface area contributed by atoms with Crippen molar-refractivity contribution < 1.29 is 9.53 Å². The van der Waals surface area contributed by atoms with Crippen LogP contribution in [-0.4, -0.2) is 30.1 Å². The van der Waals surface area contributed by atoms with E-state index in [1.807, 2.05) is 13.8 Å². The first-order valence-corrected chi connectivity index (χ1v) is 7.65. The van der Waals surface area contributed by atoms with E-state index in [4.69, 9.17) is 10.5 Å². The second-order valence-corrected chi connectivity index (χ2v) is 5.51. The van der Waals surface area contributed by atoms with Crippen LogP contribution in [0.2, 0.25) is 0 Å². The van der Waals surface area contributed by atoms with Gasteiger partial charge in [-0.05, 0) is 31.7 Å². The van der Waals surface area contributed by atoms with Gasteiger partial charge in [0.1, 0.15) is 0 Å². The van der Waals surface area contributed by atoms with E-state index >= 15 is 0 Å². The van der Waals surface area contributed by atoms with Gasteiger partial charge in [0, 0.05) is 11.8 Å². The molecule has 0 aromatic heterocycles. The summed E-state index contributed by atoms with van der Waals surface area (Å²) < 4.78 is 5.46. The third-order valence-corrected chi connectivity index (χ3v) is 3.67. The van der Waals surface area contributed by atoms with Crippen LogP contribution < -0.4 is 15.8 Å². The lowest BCUT2D eigenvalue weighted by molar-refractivity contribution is 0.0940. The van der Waals surface area contributed by atoms with Gasteiger partial charge in [-0.2, -0.15) is 11.8 Å². The maximum absolute atomic E-state index is 12.2. The van der Waals surface area contributed by atoms with Gasteiger partial charge in [0.15, 0.2) is 5.75 Å². The van der Waals surface area contributed by atoms with Crippen molar-refractivity contribution in [2.24, 2.45) is 0 Å². The van der Waals surface area contributed by atoms with Crippen molar-refractivity contribution in [2.45, 2.75) is 26.8 Å². The van der Waals surface area contributed by atoms with Gasteiger partial charge in [0.05, 0.1) is 17.9 Å². The lowest BCUT2D eigenvalue weighted by Gasteiger charge is -2.16. The monoisotopic (exact) mass is 282 g/mol. The van der Waals surface area contributed by atoms with Crippen LogP contribution in [0, 0.1) is 0 Å². The molecule has 5 heteroatoms. The molecule has 0 aliphatic carbocycles. The Hall–Kier alpha value is -1.36. The van der Waals surface area contributed by atoms with Gasteiger partial charge in [0.25, 0.3) is 5.91 Å². The lowest BCUT2D eigenvalue weighted by atomic mass is 10.1. The Morgan fingerprint density at radius 1 is 1.47 bits per heavy atom. The Kier molecular flexibility index (Phi) is 6.56. The molecule has 0 heterocycles. The third-order valence-electron chi connectivity index (χ3n) is 2.53. The molecular weight excluding hydrogens is 260 g/mol. The fourth-order valence-corrected chi connectivity index (χ4v) is 2.35. The number of carbonyl (C=O) groups is 1. The van der Waals surface area contributed by atoms with Crippen molar-refractivity contribution in [3.63, 3.8) is 0 Å². The summed E-state index contributed by atoms with van der Waals surface area (Å²) in [5, 5.41) is 2.96. The van der Waals surface area contributed by atoms with Crippen LogP contribution in [0.1, 0.15) is 31.1 Å². The number of rotatable bonds is 7. The number of nitrogens with two attached hydrogens (primary N) is 1. The van der Waals surface area contributed by atoms with Gasteiger partial charge in [0.2, 0.25) is 0 Å². The summed E-state index contributed by atoms with van der Waals surface area (Å²) in [5.74, 6) is 2.27. The molecule has 1 rings (SSSR count). The van der Waals surface area contributed by atoms with Crippen LogP contribution in [0.5, 0.6) is 5.75 Å². The van der Waals surface area contributed by atoms with E-state index < -0.39 is 0 Å². The Bertz CT molecular complexity index is 424. The third kappa shape index (κ3) is 4.67. The fraction of sp³-hybridized carbons (Fsp3) is 0.500. The summed E-state index contributed by atoms with van der Waals surface area (Å²) >= 11 is 1.80. The summed E-state index contributed by atoms with van der Waals surface area (Å²) in [7, 11) is 0. The average Bonchev–Trinajstić information content (AvgIpc) is 2.38. The number of benzene rings is 1. The molecule has 1 aromatic carbocycles. The van der Waals surface area contributed by atoms with Gasteiger partial charge in [-0.15, -0.1) is 0 Å². The molecule has 0 aliphatic rings. The predicted octanol–water partition coefficient (Wildman–Crippen LogP) is 2.54. The normalized spacial score (nSPS) is 11.9. The van der Waals surface area contributed by atoms with Gasteiger partial charge in [-0.25, -0.2) is 0 Å². The maximum atomic E-state index is 12.2. The van der Waals surface area contributed by atoms with Crippen LogP contribution in [0.15, 0.2) is 18.2 Å². The van der Waals surface area contributed by atoms with E-state index in [-0.39, 0.29) is 11.9 Å². The molecule has 0 saturated carbocycles. The second kappa shape index (κ2) is 7.94. The van der Waals surface area contributed by atoms with Crippen LogP contribution in [-0.2, 0) is 0 Å². The summed E-state index contributed by atoms with van der Waals surface area (Å²) in [5.41, 5.74) is 6.83. The first-order chi connectivity index (χ1) is 9.10. The molecule has 0 bridgehead atoms. The number of nitrogen functional groups attached to an aromatic ring is 1. The minimum Gasteiger partial charge on any atom is -0.491 e. The van der Waals surface area contributed by atoms with Crippen molar-refractivity contribution in [1.29, 1.82) is 0 Å². The number of nitrogens with one attached hydrogen (secondary N) is 1. The molecule has 0 saturated heterocycles. The van der Waals surface area contributed by atoms with E-state index in [9.17, 15) is 4.79 Å². The Morgan fingerprint density at radius 3 is 2.84 bits per heavy atom. The van der Waals surface area contributed by atoms with Crippen molar-refractivity contribution in [3.05, 3.63) is 23.8 Å². The highest BCUT2D eigenvalue weighted by atomic mass is 32.2. The first kappa shape index (κ1) is 15.7. The van der Waals surface area contributed by atoms with Gasteiger partial charge in [-0.1, -0.05) is 13.0 Å². The Morgan fingerprint density at radius 2 is 2.21 bits per heavy atom. The smallest absolute Gasteiger partial charge is 0.255 e. The number of thioether (sulfide) groups is 1. The topological polar surface area (TPSA) is 64.3 Å². The summed E-state index contributed by atoms with van der Waals surface area (Å²) in [6.45, 7) is 6.45. The Labute approximate surface area is 119 Å². The number of hydrogen-bond donors (Lipinski definition) is 2. The quantitative estimate of drug-likeness (QED) is 0.754. The van der Waals surface area contributed by atoms with E-state index in [0.717, 1.165) is 11.5 Å². The number of hydrogen-bond acceptors (Lipinski definition) is 4. The van der Waals surface area contributed by atoms with Crippen LogP contribution >= 0.6 is 11.8 Å². The molecule has 4 nitrogen and oxygen atoms in total. The number of ether oxygens (including phenoxy) is 1. The highest BCUT2D eigenvalue weighted by molar-refractivity contribution is 7.99. The van der Waals surface area contributed by atoms with E-state index in [1.54, 1.807) is 30.0 Å².